The molecule has 0 atom stereocenters. The predicted molar refractivity (Wildman–Crippen MR) is 258 cm³/mol. The Balaban J connectivity index is 0.000000333. The molecule has 4 aromatic carbocycles. The van der Waals surface area contributed by atoms with E-state index < -0.39 is 0 Å². The molecule has 0 saturated heterocycles. The van der Waals surface area contributed by atoms with Gasteiger partial charge in [-0.15, -0.1) is 17.1 Å². The minimum atomic E-state index is -0.221. The SMILES string of the molecule is CC(C)(C)c1ccnc(-c2cc(C(C)(C)C)ccn2)c1.CC(C)c1cccc(C(C)C)c1[N-]c1cc(C(C)(C)C)cc(C(C)(C)C)c1[O-].[Ni+2].c1ccccc1.c1ccccc1. The number of hydrogen-bond donors (Lipinski definition) is 0. The number of rotatable bonds is 5. The minimum absolute atomic E-state index is 0. The van der Waals surface area contributed by atoms with E-state index in [-0.39, 0.29) is 43.9 Å². The van der Waals surface area contributed by atoms with Crippen molar-refractivity contribution in [3.63, 3.8) is 0 Å². The summed E-state index contributed by atoms with van der Waals surface area (Å²) in [5.74, 6) is 0.745. The van der Waals surface area contributed by atoms with Gasteiger partial charge in [0.05, 0.1) is 11.4 Å². The van der Waals surface area contributed by atoms with E-state index in [0.29, 0.717) is 17.5 Å². The molecule has 0 unspecified atom stereocenters. The number of pyridine rings is 2. The Morgan fingerprint density at radius 1 is 0.443 bits per heavy atom. The van der Waals surface area contributed by atoms with Gasteiger partial charge in [-0.2, -0.15) is 0 Å². The summed E-state index contributed by atoms with van der Waals surface area (Å²) in [6.45, 7) is 34.9. The van der Waals surface area contributed by atoms with E-state index in [2.05, 4.69) is 169 Å². The molecule has 0 aliphatic carbocycles. The molecular weight excluding hydrogens is 789 g/mol. The quantitative estimate of drug-likeness (QED) is 0.162. The third-order valence-corrected chi connectivity index (χ3v) is 10.2. The Kier molecular flexibility index (Phi) is 19.7. The van der Waals surface area contributed by atoms with Crippen LogP contribution in [0.4, 0.5) is 11.4 Å². The van der Waals surface area contributed by atoms with Gasteiger partial charge in [0.15, 0.2) is 0 Å². The van der Waals surface area contributed by atoms with Gasteiger partial charge >= 0.3 is 16.5 Å². The fourth-order valence-electron chi connectivity index (χ4n) is 6.29. The molecule has 0 bridgehead atoms. The monoisotopic (exact) mass is 862 g/mol. The fourth-order valence-corrected chi connectivity index (χ4v) is 6.29. The number of hydrogen-bond acceptors (Lipinski definition) is 3. The standard InChI is InChI=1S/C26H38NO.C18H24N2.2C6H6.Ni/c1-16(2)19-12-11-13-20(17(3)4)23(19)27-22-15-18(25(5,6)7)14-21(24(22)28)26(8,9)10;1-17(2,3)13-7-9-19-15(11-13)16-12-14(8-10-20-16)18(4,5)6;2*1-2-4-6-5-3-1;/h11-17,28H,1-10H3;7-12H,1-6H3;2*1-6H;/q-1;;;;+2/p-1. The maximum atomic E-state index is 13.4. The van der Waals surface area contributed by atoms with Crippen LogP contribution >= 0.6 is 0 Å². The van der Waals surface area contributed by atoms with Crippen LogP contribution in [-0.4, -0.2) is 9.97 Å². The van der Waals surface area contributed by atoms with Gasteiger partial charge in [-0.1, -0.05) is 231 Å². The first-order valence-electron chi connectivity index (χ1n) is 21.5. The number of para-hydroxylation sites is 1. The van der Waals surface area contributed by atoms with E-state index in [1.54, 1.807) is 0 Å². The van der Waals surface area contributed by atoms with Gasteiger partial charge in [-0.3, -0.25) is 9.97 Å². The average molecular weight is 863 g/mol. The zero-order valence-electron chi connectivity index (χ0n) is 40.0. The summed E-state index contributed by atoms with van der Waals surface area (Å²) in [6.07, 6.45) is 3.75. The van der Waals surface area contributed by atoms with Crippen molar-refractivity contribution in [1.29, 1.82) is 0 Å². The molecule has 0 saturated carbocycles. The van der Waals surface area contributed by atoms with Gasteiger partial charge in [-0.05, 0) is 74.5 Å². The zero-order chi connectivity index (χ0) is 44.9. The van der Waals surface area contributed by atoms with Crippen molar-refractivity contribution < 1.29 is 21.6 Å². The predicted octanol–water partition coefficient (Wildman–Crippen LogP) is 16.0. The second kappa shape index (κ2) is 22.9. The topological polar surface area (TPSA) is 62.9 Å². The van der Waals surface area contributed by atoms with Crippen LogP contribution in [0.25, 0.3) is 16.7 Å². The summed E-state index contributed by atoms with van der Waals surface area (Å²) in [6, 6.07) is 42.9. The molecule has 2 aromatic heterocycles. The summed E-state index contributed by atoms with van der Waals surface area (Å²) in [5, 5.41) is 18.4. The maximum Gasteiger partial charge on any atom is 2.00 e. The molecule has 0 aliphatic heterocycles. The van der Waals surface area contributed by atoms with Gasteiger partial charge < -0.3 is 10.4 Å². The van der Waals surface area contributed by atoms with E-state index in [1.807, 2.05) is 91.3 Å². The van der Waals surface area contributed by atoms with Crippen molar-refractivity contribution in [1.82, 2.24) is 9.97 Å². The maximum absolute atomic E-state index is 13.4. The third kappa shape index (κ3) is 16.6. The van der Waals surface area contributed by atoms with Crippen molar-refractivity contribution in [3.05, 3.63) is 178 Å². The molecule has 5 heteroatoms. The molecule has 4 nitrogen and oxygen atoms in total. The van der Waals surface area contributed by atoms with Crippen LogP contribution in [-0.2, 0) is 38.2 Å². The second-order valence-corrected chi connectivity index (χ2v) is 20.2. The fraction of sp³-hybridized carbons (Fsp3) is 0.393. The Morgan fingerprint density at radius 3 is 1.08 bits per heavy atom. The van der Waals surface area contributed by atoms with Crippen molar-refractivity contribution in [3.8, 4) is 17.1 Å². The van der Waals surface area contributed by atoms with E-state index in [4.69, 9.17) is 5.32 Å². The Morgan fingerprint density at radius 2 is 0.787 bits per heavy atom. The van der Waals surface area contributed by atoms with Crippen LogP contribution in [0.5, 0.6) is 5.75 Å². The first-order valence-corrected chi connectivity index (χ1v) is 21.5. The van der Waals surface area contributed by atoms with Gasteiger partial charge in [0.1, 0.15) is 0 Å². The van der Waals surface area contributed by atoms with Crippen LogP contribution in [0.3, 0.4) is 0 Å². The van der Waals surface area contributed by atoms with E-state index >= 15 is 0 Å². The van der Waals surface area contributed by atoms with Crippen LogP contribution in [0.15, 0.2) is 140 Å². The normalized spacial score (nSPS) is 11.5. The number of nitrogens with zero attached hydrogens (tertiary/aromatic N) is 3. The molecule has 328 valence electrons. The van der Waals surface area contributed by atoms with Crippen LogP contribution in [0.2, 0.25) is 0 Å². The number of aromatic nitrogens is 2. The first-order chi connectivity index (χ1) is 27.9. The van der Waals surface area contributed by atoms with Crippen molar-refractivity contribution >= 4 is 11.4 Å². The molecule has 0 fully saturated rings. The third-order valence-electron chi connectivity index (χ3n) is 10.2. The molecular formula is C56H73N3NiO. The molecule has 0 aliphatic rings. The number of benzene rings is 4. The van der Waals surface area contributed by atoms with Crippen LogP contribution < -0.4 is 5.11 Å². The zero-order valence-corrected chi connectivity index (χ0v) is 41.0. The minimum Gasteiger partial charge on any atom is -0.873 e. The van der Waals surface area contributed by atoms with Gasteiger partial charge in [0.2, 0.25) is 0 Å². The van der Waals surface area contributed by atoms with Crippen molar-refractivity contribution in [2.24, 2.45) is 0 Å². The molecule has 6 aromatic rings. The summed E-state index contributed by atoms with van der Waals surface area (Å²) < 4.78 is 0. The first kappa shape index (κ1) is 52.4. The van der Waals surface area contributed by atoms with Crippen LogP contribution in [0.1, 0.15) is 156 Å². The summed E-state index contributed by atoms with van der Waals surface area (Å²) in [7, 11) is 0. The van der Waals surface area contributed by atoms with Crippen molar-refractivity contribution in [2.75, 3.05) is 0 Å². The average Bonchev–Trinajstić information content (AvgIpc) is 3.19. The van der Waals surface area contributed by atoms with E-state index in [9.17, 15) is 5.11 Å². The van der Waals surface area contributed by atoms with Crippen molar-refractivity contribution in [2.45, 2.75) is 144 Å². The largest absolute Gasteiger partial charge is 2.00 e. The summed E-state index contributed by atoms with van der Waals surface area (Å²) >= 11 is 0. The van der Waals surface area contributed by atoms with Crippen LogP contribution in [0, 0.1) is 0 Å². The Labute approximate surface area is 381 Å². The van der Waals surface area contributed by atoms with E-state index in [0.717, 1.165) is 28.2 Å². The summed E-state index contributed by atoms with van der Waals surface area (Å²) in [5.41, 5.74) is 10.4. The van der Waals surface area contributed by atoms with Gasteiger partial charge in [0.25, 0.3) is 0 Å². The van der Waals surface area contributed by atoms with Gasteiger partial charge in [-0.25, -0.2) is 0 Å². The molecule has 61 heavy (non-hydrogen) atoms. The smallest absolute Gasteiger partial charge is 0.873 e. The molecule has 0 radical (unpaired) electrons. The second-order valence-electron chi connectivity index (χ2n) is 20.2. The Hall–Kier alpha value is -4.73. The molecule has 0 spiro atoms. The van der Waals surface area contributed by atoms with Gasteiger partial charge in [0, 0.05) is 12.4 Å². The van der Waals surface area contributed by atoms with E-state index in [1.165, 1.54) is 22.3 Å². The molecule has 0 N–H and O–H groups in total. The Bertz CT molecular complexity index is 2020. The molecule has 2 heterocycles. The molecule has 0 amide bonds. The molecule has 6 rings (SSSR count). The summed E-state index contributed by atoms with van der Waals surface area (Å²) in [4.78, 5) is 8.97.